The van der Waals surface area contributed by atoms with Crippen LogP contribution in [-0.2, 0) is 11.3 Å². The summed E-state index contributed by atoms with van der Waals surface area (Å²) in [4.78, 5) is 10.7. The minimum atomic E-state index is 0.0102. The van der Waals surface area contributed by atoms with Gasteiger partial charge in [-0.25, -0.2) is 0 Å². The Labute approximate surface area is 120 Å². The minimum Gasteiger partial charge on any atom is -0.356 e. The fourth-order valence-electron chi connectivity index (χ4n) is 1.77. The molecule has 0 saturated carbocycles. The molecule has 5 heteroatoms. The lowest BCUT2D eigenvalue weighted by Crippen LogP contribution is -2.22. The number of nitrogens with zero attached hydrogens (tertiary/aromatic N) is 2. The second kappa shape index (κ2) is 6.52. The van der Waals surface area contributed by atoms with Crippen LogP contribution in [0.4, 0.5) is 0 Å². The molecule has 2 aromatic rings. The standard InChI is InChI=1S/C14H16BrN3O/c1-11(19)16-8-2-9-18-10-7-14(17-18)12-3-5-13(15)6-4-12/h3-7,10H,2,8-9H2,1H3,(H,16,19). The van der Waals surface area contributed by atoms with Gasteiger partial charge in [0.1, 0.15) is 0 Å². The van der Waals surface area contributed by atoms with Gasteiger partial charge in [-0.05, 0) is 24.6 Å². The maximum Gasteiger partial charge on any atom is 0.216 e. The molecule has 0 radical (unpaired) electrons. The topological polar surface area (TPSA) is 46.9 Å². The number of carbonyl (C=O) groups excluding carboxylic acids is 1. The van der Waals surface area contributed by atoms with E-state index in [9.17, 15) is 4.79 Å². The molecule has 2 rings (SSSR count). The van der Waals surface area contributed by atoms with Crippen LogP contribution in [-0.4, -0.2) is 22.2 Å². The monoisotopic (exact) mass is 321 g/mol. The molecular formula is C14H16BrN3O. The molecule has 1 aromatic carbocycles. The van der Waals surface area contributed by atoms with Gasteiger partial charge in [0.15, 0.2) is 0 Å². The van der Waals surface area contributed by atoms with Crippen LogP contribution in [0.2, 0.25) is 0 Å². The summed E-state index contributed by atoms with van der Waals surface area (Å²) in [6.07, 6.45) is 2.84. The summed E-state index contributed by atoms with van der Waals surface area (Å²) in [5, 5.41) is 7.29. The van der Waals surface area contributed by atoms with Crippen molar-refractivity contribution < 1.29 is 4.79 Å². The summed E-state index contributed by atoms with van der Waals surface area (Å²) < 4.78 is 2.96. The molecule has 1 aromatic heterocycles. The van der Waals surface area contributed by atoms with Crippen molar-refractivity contribution in [1.29, 1.82) is 0 Å². The van der Waals surface area contributed by atoms with Crippen molar-refractivity contribution in [2.45, 2.75) is 19.9 Å². The maximum absolute atomic E-state index is 10.7. The van der Waals surface area contributed by atoms with E-state index in [0.29, 0.717) is 6.54 Å². The summed E-state index contributed by atoms with van der Waals surface area (Å²) in [5.74, 6) is 0.0102. The van der Waals surface area contributed by atoms with Crippen molar-refractivity contribution in [1.82, 2.24) is 15.1 Å². The van der Waals surface area contributed by atoms with Gasteiger partial charge in [-0.3, -0.25) is 9.48 Å². The number of halogens is 1. The summed E-state index contributed by atoms with van der Waals surface area (Å²) in [6.45, 7) is 3.01. The van der Waals surface area contributed by atoms with Crippen LogP contribution in [0.15, 0.2) is 41.0 Å². The van der Waals surface area contributed by atoms with Crippen LogP contribution in [0.1, 0.15) is 13.3 Å². The molecular weight excluding hydrogens is 306 g/mol. The van der Waals surface area contributed by atoms with E-state index in [2.05, 4.69) is 26.3 Å². The first-order valence-corrected chi connectivity index (χ1v) is 6.98. The van der Waals surface area contributed by atoms with Gasteiger partial charge in [-0.2, -0.15) is 5.10 Å². The van der Waals surface area contributed by atoms with Gasteiger partial charge in [0.2, 0.25) is 5.91 Å². The number of carbonyl (C=O) groups is 1. The van der Waals surface area contributed by atoms with Crippen molar-refractivity contribution >= 4 is 21.8 Å². The number of hydrogen-bond donors (Lipinski definition) is 1. The molecule has 19 heavy (non-hydrogen) atoms. The van der Waals surface area contributed by atoms with E-state index in [4.69, 9.17) is 0 Å². The Morgan fingerprint density at radius 3 is 2.74 bits per heavy atom. The van der Waals surface area contributed by atoms with Crippen molar-refractivity contribution in [3.63, 3.8) is 0 Å². The number of hydrogen-bond acceptors (Lipinski definition) is 2. The van der Waals surface area contributed by atoms with Crippen LogP contribution in [0, 0.1) is 0 Å². The van der Waals surface area contributed by atoms with E-state index in [0.717, 1.165) is 28.7 Å². The van der Waals surface area contributed by atoms with Gasteiger partial charge in [0.25, 0.3) is 0 Å². The van der Waals surface area contributed by atoms with E-state index in [-0.39, 0.29) is 5.91 Å². The lowest BCUT2D eigenvalue weighted by Gasteiger charge is -2.02. The number of aryl methyl sites for hydroxylation is 1. The highest BCUT2D eigenvalue weighted by Gasteiger charge is 2.02. The Balaban J connectivity index is 1.91. The SMILES string of the molecule is CC(=O)NCCCn1ccc(-c2ccc(Br)cc2)n1. The number of amides is 1. The van der Waals surface area contributed by atoms with Crippen LogP contribution >= 0.6 is 15.9 Å². The van der Waals surface area contributed by atoms with Crippen LogP contribution in [0.3, 0.4) is 0 Å². The smallest absolute Gasteiger partial charge is 0.216 e. The number of nitrogens with one attached hydrogen (secondary N) is 1. The molecule has 0 unspecified atom stereocenters. The second-order valence-electron chi connectivity index (χ2n) is 4.31. The number of benzene rings is 1. The maximum atomic E-state index is 10.7. The highest BCUT2D eigenvalue weighted by atomic mass is 79.9. The predicted molar refractivity (Wildman–Crippen MR) is 78.7 cm³/mol. The third-order valence-electron chi connectivity index (χ3n) is 2.72. The predicted octanol–water partition coefficient (Wildman–Crippen LogP) is 2.84. The quantitative estimate of drug-likeness (QED) is 0.861. The zero-order valence-corrected chi connectivity index (χ0v) is 12.4. The third kappa shape index (κ3) is 4.21. The van der Waals surface area contributed by atoms with E-state index in [1.165, 1.54) is 6.92 Å². The van der Waals surface area contributed by atoms with Crippen molar-refractivity contribution in [2.24, 2.45) is 0 Å². The molecule has 0 saturated heterocycles. The molecule has 0 aliphatic heterocycles. The molecule has 0 bridgehead atoms. The molecule has 0 fully saturated rings. The average Bonchev–Trinajstić information content (AvgIpc) is 2.84. The lowest BCUT2D eigenvalue weighted by atomic mass is 10.2. The van der Waals surface area contributed by atoms with Crippen LogP contribution in [0.25, 0.3) is 11.3 Å². The minimum absolute atomic E-state index is 0.0102. The van der Waals surface area contributed by atoms with Gasteiger partial charge < -0.3 is 5.32 Å². The zero-order valence-electron chi connectivity index (χ0n) is 10.8. The van der Waals surface area contributed by atoms with E-state index in [1.54, 1.807) is 0 Å². The van der Waals surface area contributed by atoms with Crippen molar-refractivity contribution in [3.05, 3.63) is 41.0 Å². The van der Waals surface area contributed by atoms with Crippen LogP contribution < -0.4 is 5.32 Å². The van der Waals surface area contributed by atoms with E-state index < -0.39 is 0 Å². The Bertz CT molecular complexity index is 548. The van der Waals surface area contributed by atoms with Gasteiger partial charge in [-0.15, -0.1) is 0 Å². The normalized spacial score (nSPS) is 10.4. The summed E-state index contributed by atoms with van der Waals surface area (Å²) in [6, 6.07) is 10.1. The van der Waals surface area contributed by atoms with Crippen LogP contribution in [0.5, 0.6) is 0 Å². The fraction of sp³-hybridized carbons (Fsp3) is 0.286. The fourth-order valence-corrected chi connectivity index (χ4v) is 2.03. The molecule has 0 spiro atoms. The zero-order chi connectivity index (χ0) is 13.7. The van der Waals surface area contributed by atoms with Gasteiger partial charge in [-0.1, -0.05) is 28.1 Å². The highest BCUT2D eigenvalue weighted by Crippen LogP contribution is 2.19. The molecule has 4 nitrogen and oxygen atoms in total. The summed E-state index contributed by atoms with van der Waals surface area (Å²) >= 11 is 3.42. The van der Waals surface area contributed by atoms with Gasteiger partial charge in [0.05, 0.1) is 5.69 Å². The van der Waals surface area contributed by atoms with Gasteiger partial charge in [0, 0.05) is 36.2 Å². The first-order chi connectivity index (χ1) is 9.15. The molecule has 0 aliphatic carbocycles. The van der Waals surface area contributed by atoms with Crippen molar-refractivity contribution in [3.8, 4) is 11.3 Å². The first-order valence-electron chi connectivity index (χ1n) is 6.19. The molecule has 0 atom stereocenters. The van der Waals surface area contributed by atoms with E-state index >= 15 is 0 Å². The summed E-state index contributed by atoms with van der Waals surface area (Å²) in [7, 11) is 0. The van der Waals surface area contributed by atoms with Crippen molar-refractivity contribution in [2.75, 3.05) is 6.54 Å². The molecule has 1 heterocycles. The molecule has 1 N–H and O–H groups in total. The molecule has 1 amide bonds. The molecule has 0 aliphatic rings. The average molecular weight is 322 g/mol. The van der Waals surface area contributed by atoms with E-state index in [1.807, 2.05) is 41.2 Å². The lowest BCUT2D eigenvalue weighted by molar-refractivity contribution is -0.118. The largest absolute Gasteiger partial charge is 0.356 e. The Kier molecular flexibility index (Phi) is 4.74. The Morgan fingerprint density at radius 2 is 2.05 bits per heavy atom. The second-order valence-corrected chi connectivity index (χ2v) is 5.22. The Hall–Kier alpha value is -1.62. The Morgan fingerprint density at radius 1 is 1.32 bits per heavy atom. The summed E-state index contributed by atoms with van der Waals surface area (Å²) in [5.41, 5.74) is 2.07. The number of rotatable bonds is 5. The molecule has 100 valence electrons. The third-order valence-corrected chi connectivity index (χ3v) is 3.25. The number of aromatic nitrogens is 2. The first kappa shape index (κ1) is 13.8. The van der Waals surface area contributed by atoms with Gasteiger partial charge >= 0.3 is 0 Å². The highest BCUT2D eigenvalue weighted by molar-refractivity contribution is 9.10.